The number of ether oxygens (including phenoxy) is 1. The van der Waals surface area contributed by atoms with Gasteiger partial charge in [0, 0.05) is 6.04 Å². The number of nitrogens with zero attached hydrogens (tertiary/aromatic N) is 3. The molecule has 0 aliphatic carbocycles. The zero-order valence-electron chi connectivity index (χ0n) is 15.0. The standard InChI is InChI=1S/C17H21F2N5O2.ClH/c1-10-9-20-8-7-14(10)21-16(25)15-11(2)24(23-22-15)12-3-5-13(6-4-12)26-17(18)19;/h3-6,10,14,17,20H,7-9H2,1-2H3,(H,21,25);1H. The van der Waals surface area contributed by atoms with E-state index in [1.165, 1.54) is 16.8 Å². The van der Waals surface area contributed by atoms with Crippen molar-refractivity contribution in [3.8, 4) is 11.4 Å². The van der Waals surface area contributed by atoms with Crippen LogP contribution in [0.4, 0.5) is 8.78 Å². The summed E-state index contributed by atoms with van der Waals surface area (Å²) in [6.45, 7) is 2.69. The predicted molar refractivity (Wildman–Crippen MR) is 97.9 cm³/mol. The molecule has 7 nitrogen and oxygen atoms in total. The monoisotopic (exact) mass is 401 g/mol. The van der Waals surface area contributed by atoms with E-state index in [2.05, 4.69) is 32.6 Å². The summed E-state index contributed by atoms with van der Waals surface area (Å²) in [6.07, 6.45) is 0.867. The van der Waals surface area contributed by atoms with Crippen molar-refractivity contribution >= 4 is 18.3 Å². The van der Waals surface area contributed by atoms with Crippen LogP contribution in [0.2, 0.25) is 0 Å². The first kappa shape index (κ1) is 21.0. The fourth-order valence-corrected chi connectivity index (χ4v) is 3.02. The molecule has 1 saturated heterocycles. The van der Waals surface area contributed by atoms with Crippen LogP contribution in [-0.2, 0) is 0 Å². The molecule has 1 amide bonds. The van der Waals surface area contributed by atoms with Gasteiger partial charge in [-0.05, 0) is 56.6 Å². The lowest BCUT2D eigenvalue weighted by atomic mass is 9.95. The smallest absolute Gasteiger partial charge is 0.387 e. The van der Waals surface area contributed by atoms with Gasteiger partial charge in [0.25, 0.3) is 5.91 Å². The van der Waals surface area contributed by atoms with Crippen molar-refractivity contribution < 1.29 is 18.3 Å². The fraction of sp³-hybridized carbons (Fsp3) is 0.471. The minimum Gasteiger partial charge on any atom is -0.435 e. The highest BCUT2D eigenvalue weighted by Gasteiger charge is 2.25. The van der Waals surface area contributed by atoms with Gasteiger partial charge in [0.2, 0.25) is 0 Å². The molecule has 1 aromatic carbocycles. The summed E-state index contributed by atoms with van der Waals surface area (Å²) in [4.78, 5) is 12.5. The Morgan fingerprint density at radius 1 is 1.37 bits per heavy atom. The molecule has 1 aromatic heterocycles. The number of hydrogen-bond acceptors (Lipinski definition) is 5. The van der Waals surface area contributed by atoms with E-state index in [0.29, 0.717) is 17.3 Å². The minimum atomic E-state index is -2.87. The van der Waals surface area contributed by atoms with Crippen molar-refractivity contribution in [2.45, 2.75) is 32.9 Å². The number of alkyl halides is 2. The number of nitrogens with one attached hydrogen (secondary N) is 2. The molecule has 2 atom stereocenters. The molecule has 0 saturated carbocycles. The zero-order valence-corrected chi connectivity index (χ0v) is 15.8. The van der Waals surface area contributed by atoms with E-state index in [1.807, 2.05) is 0 Å². The predicted octanol–water partition coefficient (Wildman–Crippen LogP) is 2.33. The quantitative estimate of drug-likeness (QED) is 0.803. The van der Waals surface area contributed by atoms with Crippen molar-refractivity contribution in [1.82, 2.24) is 25.6 Å². The number of carbonyl (C=O) groups excluding carboxylic acids is 1. The summed E-state index contributed by atoms with van der Waals surface area (Å²) < 4.78 is 30.3. The average molecular weight is 402 g/mol. The first-order valence-electron chi connectivity index (χ1n) is 8.45. The molecular weight excluding hydrogens is 380 g/mol. The normalized spacial score (nSPS) is 19.4. The minimum absolute atomic E-state index is 0. The molecule has 2 aromatic rings. The Kier molecular flexibility index (Phi) is 7.09. The van der Waals surface area contributed by atoms with Gasteiger partial charge >= 0.3 is 6.61 Å². The Hall–Kier alpha value is -2.26. The average Bonchev–Trinajstić information content (AvgIpc) is 2.99. The Labute approximate surface area is 161 Å². The van der Waals surface area contributed by atoms with Crippen LogP contribution in [0.3, 0.4) is 0 Å². The van der Waals surface area contributed by atoms with Crippen LogP contribution in [-0.4, -0.2) is 46.6 Å². The maximum absolute atomic E-state index is 12.5. The third-order valence-electron chi connectivity index (χ3n) is 4.52. The number of hydrogen-bond donors (Lipinski definition) is 2. The Morgan fingerprint density at radius 3 is 2.70 bits per heavy atom. The maximum Gasteiger partial charge on any atom is 0.387 e. The lowest BCUT2D eigenvalue weighted by Gasteiger charge is -2.29. The van der Waals surface area contributed by atoms with Gasteiger partial charge in [-0.3, -0.25) is 4.79 Å². The number of carbonyl (C=O) groups is 1. The number of aromatic nitrogens is 3. The molecule has 10 heteroatoms. The van der Waals surface area contributed by atoms with E-state index < -0.39 is 6.61 Å². The lowest BCUT2D eigenvalue weighted by molar-refractivity contribution is -0.0498. The second kappa shape index (κ2) is 9.09. The highest BCUT2D eigenvalue weighted by atomic mass is 35.5. The highest BCUT2D eigenvalue weighted by molar-refractivity contribution is 5.93. The summed E-state index contributed by atoms with van der Waals surface area (Å²) in [5, 5.41) is 14.3. The molecular formula is C17H22ClF2N5O2. The van der Waals surface area contributed by atoms with E-state index >= 15 is 0 Å². The molecule has 2 N–H and O–H groups in total. The van der Waals surface area contributed by atoms with E-state index in [-0.39, 0.29) is 35.8 Å². The van der Waals surface area contributed by atoms with Crippen LogP contribution in [0.15, 0.2) is 24.3 Å². The van der Waals surface area contributed by atoms with E-state index in [0.717, 1.165) is 19.5 Å². The molecule has 1 fully saturated rings. The summed E-state index contributed by atoms with van der Waals surface area (Å²) >= 11 is 0. The zero-order chi connectivity index (χ0) is 18.7. The lowest BCUT2D eigenvalue weighted by Crippen LogP contribution is -2.48. The van der Waals surface area contributed by atoms with Crippen molar-refractivity contribution in [1.29, 1.82) is 0 Å². The first-order chi connectivity index (χ1) is 12.5. The summed E-state index contributed by atoms with van der Waals surface area (Å²) in [6, 6.07) is 6.09. The molecule has 0 spiro atoms. The number of amides is 1. The topological polar surface area (TPSA) is 81.1 Å². The van der Waals surface area contributed by atoms with Gasteiger partial charge in [-0.15, -0.1) is 17.5 Å². The van der Waals surface area contributed by atoms with Gasteiger partial charge in [0.05, 0.1) is 11.4 Å². The van der Waals surface area contributed by atoms with Crippen LogP contribution in [0.25, 0.3) is 5.69 Å². The second-order valence-corrected chi connectivity index (χ2v) is 6.36. The van der Waals surface area contributed by atoms with Crippen LogP contribution in [0, 0.1) is 12.8 Å². The molecule has 148 valence electrons. The summed E-state index contributed by atoms with van der Waals surface area (Å²) in [7, 11) is 0. The van der Waals surface area contributed by atoms with E-state index in [9.17, 15) is 13.6 Å². The Bertz CT molecular complexity index is 769. The highest BCUT2D eigenvalue weighted by Crippen LogP contribution is 2.19. The van der Waals surface area contributed by atoms with Crippen molar-refractivity contribution in [3.05, 3.63) is 35.7 Å². The Balaban J connectivity index is 0.00000261. The van der Waals surface area contributed by atoms with Gasteiger partial charge in [0.1, 0.15) is 5.75 Å². The molecule has 1 aliphatic rings. The number of piperidine rings is 1. The Morgan fingerprint density at radius 2 is 2.07 bits per heavy atom. The molecule has 2 unspecified atom stereocenters. The molecule has 0 bridgehead atoms. The SMILES string of the molecule is Cc1c(C(=O)NC2CCNCC2C)nnn1-c1ccc(OC(F)F)cc1.Cl. The van der Waals surface area contributed by atoms with Gasteiger partial charge in [-0.2, -0.15) is 8.78 Å². The van der Waals surface area contributed by atoms with Gasteiger partial charge < -0.3 is 15.4 Å². The van der Waals surface area contributed by atoms with E-state index in [1.54, 1.807) is 19.1 Å². The van der Waals surface area contributed by atoms with E-state index in [4.69, 9.17) is 0 Å². The molecule has 2 heterocycles. The maximum atomic E-state index is 12.5. The molecule has 1 aliphatic heterocycles. The second-order valence-electron chi connectivity index (χ2n) is 6.36. The largest absolute Gasteiger partial charge is 0.435 e. The third kappa shape index (κ3) is 4.92. The van der Waals surface area contributed by atoms with Crippen LogP contribution < -0.4 is 15.4 Å². The van der Waals surface area contributed by atoms with Crippen molar-refractivity contribution in [3.63, 3.8) is 0 Å². The van der Waals surface area contributed by atoms with Crippen LogP contribution in [0.5, 0.6) is 5.75 Å². The fourth-order valence-electron chi connectivity index (χ4n) is 3.02. The first-order valence-corrected chi connectivity index (χ1v) is 8.45. The van der Waals surface area contributed by atoms with Gasteiger partial charge in [0.15, 0.2) is 5.69 Å². The molecule has 3 rings (SSSR count). The van der Waals surface area contributed by atoms with Crippen molar-refractivity contribution in [2.24, 2.45) is 5.92 Å². The summed E-state index contributed by atoms with van der Waals surface area (Å²) in [5.74, 6) is 0.134. The number of halogens is 3. The number of rotatable bonds is 5. The van der Waals surface area contributed by atoms with Crippen molar-refractivity contribution in [2.75, 3.05) is 13.1 Å². The summed E-state index contributed by atoms with van der Waals surface area (Å²) in [5.41, 5.74) is 1.43. The van der Waals surface area contributed by atoms with Gasteiger partial charge in [-0.1, -0.05) is 12.1 Å². The third-order valence-corrected chi connectivity index (χ3v) is 4.52. The molecule has 0 radical (unpaired) electrons. The van der Waals surface area contributed by atoms with Crippen LogP contribution in [0.1, 0.15) is 29.5 Å². The molecule has 27 heavy (non-hydrogen) atoms. The van der Waals surface area contributed by atoms with Gasteiger partial charge in [-0.25, -0.2) is 4.68 Å². The van der Waals surface area contributed by atoms with Crippen LogP contribution >= 0.6 is 12.4 Å². The number of benzene rings is 1.